The summed E-state index contributed by atoms with van der Waals surface area (Å²) in [5.41, 5.74) is 0. The minimum absolute atomic E-state index is 0.0184. The number of hydrogen-bond acceptors (Lipinski definition) is 4. The van der Waals surface area contributed by atoms with E-state index in [0.717, 1.165) is 5.06 Å². The second-order valence-corrected chi connectivity index (χ2v) is 10.6. The first-order valence-corrected chi connectivity index (χ1v) is 10.4. The van der Waals surface area contributed by atoms with Crippen molar-refractivity contribution in [3.8, 4) is 0 Å². The van der Waals surface area contributed by atoms with E-state index in [0.29, 0.717) is 0 Å². The summed E-state index contributed by atoms with van der Waals surface area (Å²) in [6, 6.07) is 0. The van der Waals surface area contributed by atoms with Crippen LogP contribution in [0.2, 0.25) is 0 Å². The predicted octanol–water partition coefficient (Wildman–Crippen LogP) is 3.56. The van der Waals surface area contributed by atoms with Crippen molar-refractivity contribution in [3.05, 3.63) is 22.7 Å². The number of hydrogen-bond donors (Lipinski definition) is 0. The van der Waals surface area contributed by atoms with Gasteiger partial charge in [-0.1, -0.05) is 52.5 Å². The fourth-order valence-electron chi connectivity index (χ4n) is 5.52. The molecule has 5 aliphatic rings. The number of carbonyl (C=O) groups is 2. The molecule has 5 rings (SSSR count). The Bertz CT molecular complexity index is 789. The van der Waals surface area contributed by atoms with Crippen molar-refractivity contribution in [2.75, 3.05) is 6.61 Å². The van der Waals surface area contributed by atoms with Crippen LogP contribution in [0.4, 0.5) is 0 Å². The molecule has 0 spiro atoms. The number of allylic oxidation sites excluding steroid dienone is 2. The first kappa shape index (κ1) is 19.3. The molecule has 146 valence electrons. The molecule has 0 aromatic carbocycles. The van der Waals surface area contributed by atoms with Crippen molar-refractivity contribution in [2.45, 2.75) is 26.3 Å². The van der Waals surface area contributed by atoms with Crippen molar-refractivity contribution < 1.29 is 19.2 Å². The van der Waals surface area contributed by atoms with E-state index in [1.54, 1.807) is 0 Å². The van der Waals surface area contributed by atoms with Crippen molar-refractivity contribution in [3.63, 3.8) is 0 Å². The molecule has 3 heterocycles. The van der Waals surface area contributed by atoms with E-state index in [-0.39, 0.29) is 16.7 Å². The van der Waals surface area contributed by atoms with Gasteiger partial charge in [-0.05, 0) is 0 Å². The molecule has 2 unspecified atom stereocenters. The molecule has 3 aliphatic heterocycles. The van der Waals surface area contributed by atoms with E-state index < -0.39 is 61.8 Å². The van der Waals surface area contributed by atoms with Crippen LogP contribution in [0.1, 0.15) is 0 Å². The van der Waals surface area contributed by atoms with Gasteiger partial charge in [-0.15, -0.1) is 29.8 Å². The Morgan fingerprint density at radius 2 is 1.44 bits per heavy atom. The Morgan fingerprint density at radius 1 is 1.00 bits per heavy atom. The van der Waals surface area contributed by atoms with E-state index in [2.05, 4.69) is 6.58 Å². The van der Waals surface area contributed by atoms with Gasteiger partial charge >= 0.3 is 0 Å². The number of halogens is 6. The summed E-state index contributed by atoms with van der Waals surface area (Å²) in [5, 5.41) is 0.878. The lowest BCUT2D eigenvalue weighted by atomic mass is 9.65. The molecule has 3 saturated heterocycles. The molecule has 5 nitrogen and oxygen atoms in total. The maximum atomic E-state index is 12.8. The highest BCUT2D eigenvalue weighted by molar-refractivity contribution is 6.65. The zero-order chi connectivity index (χ0) is 19.7. The Hall–Kier alpha value is 0.280. The third kappa shape index (κ3) is 1.74. The Kier molecular flexibility index (Phi) is 3.92. The molecule has 0 aromatic rings. The molecule has 0 radical (unpaired) electrons. The number of amides is 2. The third-order valence-electron chi connectivity index (χ3n) is 6.46. The van der Waals surface area contributed by atoms with Crippen molar-refractivity contribution in [2.24, 2.45) is 23.7 Å². The van der Waals surface area contributed by atoms with Gasteiger partial charge in [-0.3, -0.25) is 14.4 Å². The van der Waals surface area contributed by atoms with Crippen LogP contribution in [0.15, 0.2) is 22.7 Å². The summed E-state index contributed by atoms with van der Waals surface area (Å²) in [7, 11) is 0. The Labute approximate surface area is 184 Å². The lowest BCUT2D eigenvalue weighted by Crippen LogP contribution is -2.50. The summed E-state index contributed by atoms with van der Waals surface area (Å²) in [6.45, 7) is 3.53. The normalized spacial score (nSPS) is 51.4. The highest BCUT2D eigenvalue weighted by Gasteiger charge is 2.90. The van der Waals surface area contributed by atoms with Crippen LogP contribution in [-0.4, -0.2) is 49.8 Å². The standard InChI is InChI=1S/C16H11Cl6NO4/c1-2-3-26-23-12(24)4-5(13(23)25)9-7-6(8(4)27-9)14(19)10(17)11(18)15(7,20)16(14,21)22/h2,4-9H,1,3H2/t4-,5+,6?,7?,8-,9+,14+,15-. The summed E-state index contributed by atoms with van der Waals surface area (Å²) in [4.78, 5) is 27.9. The van der Waals surface area contributed by atoms with Crippen LogP contribution in [0.5, 0.6) is 0 Å². The molecule has 11 heteroatoms. The molecule has 0 aromatic heterocycles. The van der Waals surface area contributed by atoms with Gasteiger partial charge in [0.2, 0.25) is 0 Å². The van der Waals surface area contributed by atoms with E-state index in [9.17, 15) is 9.59 Å². The molecule has 27 heavy (non-hydrogen) atoms. The van der Waals surface area contributed by atoms with Crippen LogP contribution in [0, 0.1) is 23.7 Å². The largest absolute Gasteiger partial charge is 0.373 e. The van der Waals surface area contributed by atoms with Crippen LogP contribution in [0.3, 0.4) is 0 Å². The number of rotatable bonds is 3. The predicted molar refractivity (Wildman–Crippen MR) is 101 cm³/mol. The molecular formula is C16H11Cl6NO4. The number of ether oxygens (including phenoxy) is 1. The van der Waals surface area contributed by atoms with Gasteiger partial charge in [0.15, 0.2) is 4.33 Å². The molecule has 2 aliphatic carbocycles. The zero-order valence-corrected chi connectivity index (χ0v) is 17.8. The number of imide groups is 1. The van der Waals surface area contributed by atoms with Crippen LogP contribution >= 0.6 is 69.6 Å². The van der Waals surface area contributed by atoms with Gasteiger partial charge in [0.25, 0.3) is 11.8 Å². The van der Waals surface area contributed by atoms with Gasteiger partial charge in [0, 0.05) is 11.8 Å². The Morgan fingerprint density at radius 3 is 1.85 bits per heavy atom. The number of carbonyl (C=O) groups excluding carboxylic acids is 2. The van der Waals surface area contributed by atoms with Crippen LogP contribution in [0.25, 0.3) is 0 Å². The smallest absolute Gasteiger partial charge is 0.260 e. The molecule has 1 saturated carbocycles. The average molecular weight is 494 g/mol. The highest BCUT2D eigenvalue weighted by atomic mass is 35.5. The molecule has 2 amide bonds. The van der Waals surface area contributed by atoms with E-state index in [1.165, 1.54) is 6.08 Å². The average Bonchev–Trinajstić information content (AvgIpc) is 3.31. The fraction of sp³-hybridized carbons (Fsp3) is 0.625. The highest BCUT2D eigenvalue weighted by Crippen LogP contribution is 2.81. The fourth-order valence-corrected chi connectivity index (χ4v) is 8.59. The summed E-state index contributed by atoms with van der Waals surface area (Å²) < 4.78 is 4.30. The van der Waals surface area contributed by atoms with E-state index >= 15 is 0 Å². The van der Waals surface area contributed by atoms with Crippen molar-refractivity contribution in [1.29, 1.82) is 0 Å². The van der Waals surface area contributed by atoms with Crippen molar-refractivity contribution >= 4 is 81.4 Å². The summed E-state index contributed by atoms with van der Waals surface area (Å²) >= 11 is 39.7. The van der Waals surface area contributed by atoms with Crippen LogP contribution in [-0.2, 0) is 19.2 Å². The maximum Gasteiger partial charge on any atom is 0.260 e. The topological polar surface area (TPSA) is 55.8 Å². The Balaban J connectivity index is 1.62. The van der Waals surface area contributed by atoms with Gasteiger partial charge < -0.3 is 4.74 Å². The van der Waals surface area contributed by atoms with Gasteiger partial charge in [0.1, 0.15) is 9.75 Å². The van der Waals surface area contributed by atoms with Gasteiger partial charge in [0.05, 0.1) is 40.7 Å². The monoisotopic (exact) mass is 491 g/mol. The quantitative estimate of drug-likeness (QED) is 0.343. The number of fused-ring (bicyclic) bond motifs is 12. The minimum Gasteiger partial charge on any atom is -0.373 e. The van der Waals surface area contributed by atoms with Crippen molar-refractivity contribution in [1.82, 2.24) is 5.06 Å². The van der Waals surface area contributed by atoms with Gasteiger partial charge in [-0.25, -0.2) is 0 Å². The lowest BCUT2D eigenvalue weighted by Gasteiger charge is -2.39. The van der Waals surface area contributed by atoms with Gasteiger partial charge in [-0.2, -0.15) is 5.06 Å². The first-order valence-electron chi connectivity index (χ1n) is 8.15. The summed E-state index contributed by atoms with van der Waals surface area (Å²) in [5.74, 6) is -3.68. The van der Waals surface area contributed by atoms with E-state index in [1.807, 2.05) is 0 Å². The molecule has 4 bridgehead atoms. The second-order valence-electron chi connectivity index (χ2n) is 7.35. The molecular weight excluding hydrogens is 483 g/mol. The number of hydroxylamine groups is 2. The second kappa shape index (κ2) is 5.50. The third-order valence-corrected chi connectivity index (χ3v) is 10.8. The SMILES string of the molecule is C=CCON1C(=O)[C@@H]2[C@H](C1=O)[C@@H]1O[C@H]2C2C1[C@@]1(Cl)C(Cl)=C(Cl)[C@]2(Cl)C1(Cl)Cl. The number of alkyl halides is 4. The van der Waals surface area contributed by atoms with Crippen LogP contribution < -0.4 is 0 Å². The minimum atomic E-state index is -1.73. The summed E-state index contributed by atoms with van der Waals surface area (Å²) in [6.07, 6.45) is -0.0192. The first-order chi connectivity index (χ1) is 12.6. The molecule has 8 atom stereocenters. The molecule has 4 fully saturated rings. The lowest BCUT2D eigenvalue weighted by molar-refractivity contribution is -0.189. The number of nitrogens with zero attached hydrogens (tertiary/aromatic N) is 1. The zero-order valence-electron chi connectivity index (χ0n) is 13.3. The van der Waals surface area contributed by atoms with E-state index in [4.69, 9.17) is 79.2 Å². The molecule has 0 N–H and O–H groups in total. The maximum absolute atomic E-state index is 12.8.